The molecule has 110 valence electrons. The van der Waals surface area contributed by atoms with Crippen LogP contribution >= 0.6 is 0 Å². The third-order valence-corrected chi connectivity index (χ3v) is 4.13. The molecule has 2 N–H and O–H groups in total. The number of aryl methyl sites for hydroxylation is 1. The van der Waals surface area contributed by atoms with Gasteiger partial charge in [0.15, 0.2) is 0 Å². The lowest BCUT2D eigenvalue weighted by Gasteiger charge is -2.11. The second-order valence-electron chi connectivity index (χ2n) is 4.39. The molecule has 0 saturated heterocycles. The van der Waals surface area contributed by atoms with Crippen LogP contribution < -0.4 is 10.0 Å². The Labute approximate surface area is 117 Å². The standard InChI is InChI=1S/C11H17N5O3S/c1-8(11-14-13-7-16(11)3)15-20(17,18)10-5-4-9(19-10)6-12-2/h4-5,7-8,12,15H,6H2,1-3H3. The van der Waals surface area contributed by atoms with E-state index in [9.17, 15) is 8.42 Å². The van der Waals surface area contributed by atoms with Crippen molar-refractivity contribution in [1.82, 2.24) is 24.8 Å². The third kappa shape index (κ3) is 3.06. The quantitative estimate of drug-likeness (QED) is 0.788. The molecule has 0 aromatic carbocycles. The monoisotopic (exact) mass is 299 g/mol. The Morgan fingerprint density at radius 1 is 1.45 bits per heavy atom. The summed E-state index contributed by atoms with van der Waals surface area (Å²) in [5.74, 6) is 1.08. The summed E-state index contributed by atoms with van der Waals surface area (Å²) in [5, 5.41) is 10.4. The first-order valence-electron chi connectivity index (χ1n) is 6.03. The minimum atomic E-state index is -3.73. The van der Waals surface area contributed by atoms with Crippen molar-refractivity contribution >= 4 is 10.0 Å². The minimum absolute atomic E-state index is 0.114. The van der Waals surface area contributed by atoms with Gasteiger partial charge in [0.05, 0.1) is 12.6 Å². The van der Waals surface area contributed by atoms with Gasteiger partial charge in [-0.1, -0.05) is 0 Å². The number of nitrogens with zero attached hydrogens (tertiary/aromatic N) is 3. The first-order valence-corrected chi connectivity index (χ1v) is 7.52. The van der Waals surface area contributed by atoms with Gasteiger partial charge in [0.2, 0.25) is 5.09 Å². The van der Waals surface area contributed by atoms with Gasteiger partial charge in [0.25, 0.3) is 10.0 Å². The topological polar surface area (TPSA) is 102 Å². The van der Waals surface area contributed by atoms with Crippen LogP contribution in [0.25, 0.3) is 0 Å². The summed E-state index contributed by atoms with van der Waals surface area (Å²) >= 11 is 0. The normalized spacial score (nSPS) is 13.6. The number of nitrogens with one attached hydrogen (secondary N) is 2. The highest BCUT2D eigenvalue weighted by Gasteiger charge is 2.24. The highest BCUT2D eigenvalue weighted by molar-refractivity contribution is 7.89. The highest BCUT2D eigenvalue weighted by atomic mass is 32.2. The van der Waals surface area contributed by atoms with E-state index in [4.69, 9.17) is 4.42 Å². The van der Waals surface area contributed by atoms with Crippen LogP contribution in [0.1, 0.15) is 24.6 Å². The van der Waals surface area contributed by atoms with E-state index in [2.05, 4.69) is 20.2 Å². The molecule has 9 heteroatoms. The number of sulfonamides is 1. The van der Waals surface area contributed by atoms with Crippen LogP contribution in [0, 0.1) is 0 Å². The van der Waals surface area contributed by atoms with Crippen molar-refractivity contribution in [2.24, 2.45) is 7.05 Å². The predicted octanol–water partition coefficient (Wildman–Crippen LogP) is 0.167. The van der Waals surface area contributed by atoms with E-state index in [0.717, 1.165) is 0 Å². The Balaban J connectivity index is 2.16. The molecule has 1 atom stereocenters. The Morgan fingerprint density at radius 3 is 2.80 bits per heavy atom. The number of rotatable bonds is 6. The van der Waals surface area contributed by atoms with E-state index in [1.807, 2.05) is 0 Å². The van der Waals surface area contributed by atoms with Crippen LogP contribution in [0.4, 0.5) is 0 Å². The molecular weight excluding hydrogens is 282 g/mol. The van der Waals surface area contributed by atoms with Crippen LogP contribution in [0.2, 0.25) is 0 Å². The van der Waals surface area contributed by atoms with E-state index in [1.54, 1.807) is 31.7 Å². The molecule has 0 fully saturated rings. The maximum Gasteiger partial charge on any atom is 0.274 e. The van der Waals surface area contributed by atoms with Gasteiger partial charge in [0, 0.05) is 7.05 Å². The molecule has 0 amide bonds. The summed E-state index contributed by atoms with van der Waals surface area (Å²) in [6.45, 7) is 2.16. The van der Waals surface area contributed by atoms with Crippen molar-refractivity contribution in [3.63, 3.8) is 0 Å². The van der Waals surface area contributed by atoms with Gasteiger partial charge < -0.3 is 14.3 Å². The summed E-state index contributed by atoms with van der Waals surface area (Å²) < 4.78 is 33.8. The van der Waals surface area contributed by atoms with Crippen molar-refractivity contribution in [3.8, 4) is 0 Å². The van der Waals surface area contributed by atoms with E-state index in [-0.39, 0.29) is 5.09 Å². The average Bonchev–Trinajstić information content (AvgIpc) is 2.98. The second-order valence-corrected chi connectivity index (χ2v) is 6.04. The maximum absolute atomic E-state index is 12.2. The molecule has 0 saturated carbocycles. The molecule has 2 aromatic heterocycles. The first-order chi connectivity index (χ1) is 9.44. The van der Waals surface area contributed by atoms with E-state index < -0.39 is 16.1 Å². The summed E-state index contributed by atoms with van der Waals surface area (Å²) in [7, 11) is -0.222. The molecule has 20 heavy (non-hydrogen) atoms. The zero-order chi connectivity index (χ0) is 14.8. The lowest BCUT2D eigenvalue weighted by Crippen LogP contribution is -2.28. The van der Waals surface area contributed by atoms with Crippen molar-refractivity contribution in [1.29, 1.82) is 0 Å². The van der Waals surface area contributed by atoms with Crippen molar-refractivity contribution in [2.75, 3.05) is 7.05 Å². The molecule has 1 unspecified atom stereocenters. The molecule has 0 aliphatic heterocycles. The third-order valence-electron chi connectivity index (χ3n) is 2.72. The molecule has 0 aliphatic rings. The zero-order valence-corrected chi connectivity index (χ0v) is 12.3. The largest absolute Gasteiger partial charge is 0.447 e. The van der Waals surface area contributed by atoms with Crippen LogP contribution in [-0.4, -0.2) is 30.2 Å². The second kappa shape index (κ2) is 5.73. The molecule has 2 aromatic rings. The van der Waals surface area contributed by atoms with E-state index >= 15 is 0 Å². The zero-order valence-electron chi connectivity index (χ0n) is 11.5. The molecular formula is C11H17N5O3S. The molecule has 0 spiro atoms. The molecule has 0 bridgehead atoms. The van der Waals surface area contributed by atoms with Crippen molar-refractivity contribution in [2.45, 2.75) is 24.6 Å². The summed E-state index contributed by atoms with van der Waals surface area (Å²) in [6.07, 6.45) is 1.51. The van der Waals surface area contributed by atoms with Crippen molar-refractivity contribution < 1.29 is 12.8 Å². The number of hydrogen-bond acceptors (Lipinski definition) is 6. The molecule has 8 nitrogen and oxygen atoms in total. The van der Waals surface area contributed by atoms with Gasteiger partial charge in [0.1, 0.15) is 17.9 Å². The molecule has 2 rings (SSSR count). The van der Waals surface area contributed by atoms with Crippen LogP contribution in [0.5, 0.6) is 0 Å². The average molecular weight is 299 g/mol. The summed E-state index contributed by atoms with van der Waals surface area (Å²) in [4.78, 5) is 0. The Kier molecular flexibility index (Phi) is 4.21. The Bertz CT molecular complexity index is 676. The fourth-order valence-electron chi connectivity index (χ4n) is 1.80. The number of furan rings is 1. The first kappa shape index (κ1) is 14.7. The van der Waals surface area contributed by atoms with Crippen molar-refractivity contribution in [3.05, 3.63) is 30.0 Å². The number of hydrogen-bond donors (Lipinski definition) is 2. The van der Waals surface area contributed by atoms with Gasteiger partial charge in [-0.3, -0.25) is 0 Å². The number of aromatic nitrogens is 3. The fourth-order valence-corrected chi connectivity index (χ4v) is 2.95. The highest BCUT2D eigenvalue weighted by Crippen LogP contribution is 2.17. The SMILES string of the molecule is CNCc1ccc(S(=O)(=O)NC(C)c2nncn2C)o1. The smallest absolute Gasteiger partial charge is 0.274 e. The van der Waals surface area contributed by atoms with Gasteiger partial charge in [-0.15, -0.1) is 10.2 Å². The predicted molar refractivity (Wildman–Crippen MR) is 71.2 cm³/mol. The summed E-state index contributed by atoms with van der Waals surface area (Å²) in [6, 6.07) is 2.54. The van der Waals surface area contributed by atoms with E-state index in [0.29, 0.717) is 18.1 Å². The molecule has 2 heterocycles. The molecule has 0 radical (unpaired) electrons. The Morgan fingerprint density at radius 2 is 2.20 bits per heavy atom. The Hall–Kier alpha value is -1.71. The van der Waals surface area contributed by atoms with Crippen LogP contribution in [0.3, 0.4) is 0 Å². The maximum atomic E-state index is 12.2. The fraction of sp³-hybridized carbons (Fsp3) is 0.455. The molecule has 0 aliphatic carbocycles. The van der Waals surface area contributed by atoms with Crippen LogP contribution in [-0.2, 0) is 23.6 Å². The van der Waals surface area contributed by atoms with Crippen LogP contribution in [0.15, 0.2) is 28.0 Å². The lowest BCUT2D eigenvalue weighted by atomic mass is 10.3. The van der Waals surface area contributed by atoms with Gasteiger partial charge in [-0.2, -0.15) is 4.72 Å². The van der Waals surface area contributed by atoms with E-state index in [1.165, 1.54) is 12.4 Å². The minimum Gasteiger partial charge on any atom is -0.447 e. The van der Waals surface area contributed by atoms with Gasteiger partial charge >= 0.3 is 0 Å². The van der Waals surface area contributed by atoms with Gasteiger partial charge in [-0.25, -0.2) is 8.42 Å². The lowest BCUT2D eigenvalue weighted by molar-refractivity contribution is 0.402. The summed E-state index contributed by atoms with van der Waals surface area (Å²) in [5.41, 5.74) is 0. The van der Waals surface area contributed by atoms with Gasteiger partial charge in [-0.05, 0) is 26.1 Å².